The standard InChI is InChI=1S/C12H12N2O4/c1-17-9-4-7(3-8(6-13)12(14)16)5-10(18-2)11(9)15/h3-5,15H,1-2H3,(H2,14,16). The fraction of sp³-hybridized carbons (Fsp3) is 0.167. The summed E-state index contributed by atoms with van der Waals surface area (Å²) in [6.45, 7) is 0. The van der Waals surface area contributed by atoms with E-state index in [1.807, 2.05) is 0 Å². The number of rotatable bonds is 4. The Morgan fingerprint density at radius 2 is 1.89 bits per heavy atom. The van der Waals surface area contributed by atoms with E-state index >= 15 is 0 Å². The van der Waals surface area contributed by atoms with Crippen LogP contribution in [0.4, 0.5) is 0 Å². The molecule has 0 saturated heterocycles. The Balaban J connectivity index is 3.35. The zero-order chi connectivity index (χ0) is 13.7. The molecule has 0 fully saturated rings. The molecule has 1 aromatic rings. The summed E-state index contributed by atoms with van der Waals surface area (Å²) in [7, 11) is 2.75. The van der Waals surface area contributed by atoms with Gasteiger partial charge in [-0.15, -0.1) is 0 Å². The van der Waals surface area contributed by atoms with Crippen LogP contribution in [-0.4, -0.2) is 25.2 Å². The van der Waals surface area contributed by atoms with Crippen molar-refractivity contribution in [1.29, 1.82) is 5.26 Å². The fourth-order valence-corrected chi connectivity index (χ4v) is 1.32. The van der Waals surface area contributed by atoms with Crippen molar-refractivity contribution in [1.82, 2.24) is 0 Å². The number of phenols is 1. The largest absolute Gasteiger partial charge is 0.502 e. The predicted molar refractivity (Wildman–Crippen MR) is 64.0 cm³/mol. The minimum absolute atomic E-state index is 0.158. The number of methoxy groups -OCH3 is 2. The summed E-state index contributed by atoms with van der Waals surface area (Å²) in [4.78, 5) is 10.9. The number of primary amides is 1. The quantitative estimate of drug-likeness (QED) is 0.605. The van der Waals surface area contributed by atoms with Gasteiger partial charge in [-0.1, -0.05) is 0 Å². The van der Waals surface area contributed by atoms with Crippen molar-refractivity contribution < 1.29 is 19.4 Å². The molecule has 94 valence electrons. The number of aromatic hydroxyl groups is 1. The average Bonchev–Trinajstić information content (AvgIpc) is 2.36. The Morgan fingerprint density at radius 1 is 1.39 bits per heavy atom. The highest BCUT2D eigenvalue weighted by Crippen LogP contribution is 2.37. The number of carbonyl (C=O) groups is 1. The highest BCUT2D eigenvalue weighted by molar-refractivity contribution is 6.00. The molecule has 6 heteroatoms. The number of benzene rings is 1. The number of nitrogens with two attached hydrogens (primary N) is 1. The lowest BCUT2D eigenvalue weighted by molar-refractivity contribution is -0.114. The van der Waals surface area contributed by atoms with Crippen LogP contribution in [0.15, 0.2) is 17.7 Å². The van der Waals surface area contributed by atoms with Crippen molar-refractivity contribution in [2.24, 2.45) is 5.73 Å². The second kappa shape index (κ2) is 5.59. The van der Waals surface area contributed by atoms with Crippen LogP contribution in [0.1, 0.15) is 5.56 Å². The first-order chi connectivity index (χ1) is 8.53. The molecule has 1 aromatic carbocycles. The molecular weight excluding hydrogens is 236 g/mol. The Morgan fingerprint density at radius 3 is 2.22 bits per heavy atom. The molecule has 0 aromatic heterocycles. The smallest absolute Gasteiger partial charge is 0.259 e. The van der Waals surface area contributed by atoms with Crippen molar-refractivity contribution in [3.05, 3.63) is 23.3 Å². The first-order valence-electron chi connectivity index (χ1n) is 4.90. The van der Waals surface area contributed by atoms with Gasteiger partial charge in [0.1, 0.15) is 11.6 Å². The van der Waals surface area contributed by atoms with Crippen LogP contribution in [0, 0.1) is 11.3 Å². The normalized spacial score (nSPS) is 10.6. The monoisotopic (exact) mass is 248 g/mol. The molecule has 0 aliphatic rings. The van der Waals surface area contributed by atoms with Crippen LogP contribution < -0.4 is 15.2 Å². The van der Waals surface area contributed by atoms with Crippen molar-refractivity contribution in [3.63, 3.8) is 0 Å². The Kier molecular flexibility index (Phi) is 4.16. The number of hydrogen-bond donors (Lipinski definition) is 2. The van der Waals surface area contributed by atoms with Crippen molar-refractivity contribution in [2.75, 3.05) is 14.2 Å². The van der Waals surface area contributed by atoms with Gasteiger partial charge in [0, 0.05) is 0 Å². The molecule has 0 spiro atoms. The van der Waals surface area contributed by atoms with E-state index in [9.17, 15) is 9.90 Å². The van der Waals surface area contributed by atoms with Crippen molar-refractivity contribution in [3.8, 4) is 23.3 Å². The van der Waals surface area contributed by atoms with E-state index in [0.717, 1.165) is 0 Å². The molecule has 0 aliphatic carbocycles. The maximum absolute atomic E-state index is 10.9. The minimum Gasteiger partial charge on any atom is -0.502 e. The number of carbonyl (C=O) groups excluding carboxylic acids is 1. The molecule has 0 saturated carbocycles. The summed E-state index contributed by atoms with van der Waals surface area (Å²) >= 11 is 0. The first kappa shape index (κ1) is 13.4. The molecule has 18 heavy (non-hydrogen) atoms. The lowest BCUT2D eigenvalue weighted by Crippen LogP contribution is -2.12. The predicted octanol–water partition coefficient (Wildman–Crippen LogP) is 0.802. The molecule has 0 atom stereocenters. The van der Waals surface area contributed by atoms with Gasteiger partial charge in [0.05, 0.1) is 14.2 Å². The number of nitriles is 1. The van der Waals surface area contributed by atoms with E-state index in [1.165, 1.54) is 32.4 Å². The fourth-order valence-electron chi connectivity index (χ4n) is 1.32. The number of ether oxygens (including phenoxy) is 2. The van der Waals surface area contributed by atoms with Gasteiger partial charge in [-0.3, -0.25) is 4.79 Å². The average molecular weight is 248 g/mol. The molecule has 1 rings (SSSR count). The molecular formula is C12H12N2O4. The number of phenolic OH excluding ortho intramolecular Hbond substituents is 1. The van der Waals surface area contributed by atoms with Gasteiger partial charge >= 0.3 is 0 Å². The third-order valence-corrected chi connectivity index (χ3v) is 2.20. The molecule has 1 amide bonds. The zero-order valence-electron chi connectivity index (χ0n) is 9.93. The highest BCUT2D eigenvalue weighted by atomic mass is 16.5. The van der Waals surface area contributed by atoms with Crippen molar-refractivity contribution in [2.45, 2.75) is 0 Å². The van der Waals surface area contributed by atoms with Crippen LogP contribution in [0.2, 0.25) is 0 Å². The van der Waals surface area contributed by atoms with E-state index in [4.69, 9.17) is 20.5 Å². The van der Waals surface area contributed by atoms with E-state index in [1.54, 1.807) is 6.07 Å². The number of hydrogen-bond acceptors (Lipinski definition) is 5. The van der Waals surface area contributed by atoms with E-state index in [-0.39, 0.29) is 22.8 Å². The van der Waals surface area contributed by atoms with E-state index in [0.29, 0.717) is 5.56 Å². The first-order valence-corrected chi connectivity index (χ1v) is 4.90. The van der Waals surface area contributed by atoms with Gasteiger partial charge in [0.25, 0.3) is 5.91 Å². The van der Waals surface area contributed by atoms with Gasteiger partial charge in [0.15, 0.2) is 11.5 Å². The summed E-state index contributed by atoms with van der Waals surface area (Å²) in [6, 6.07) is 4.59. The Hall–Kier alpha value is -2.68. The summed E-state index contributed by atoms with van der Waals surface area (Å²) in [5.41, 5.74) is 5.28. The van der Waals surface area contributed by atoms with Gasteiger partial charge < -0.3 is 20.3 Å². The third-order valence-electron chi connectivity index (χ3n) is 2.20. The Labute approximate surface area is 104 Å². The van der Waals surface area contributed by atoms with Crippen LogP contribution in [0.3, 0.4) is 0 Å². The second-order valence-electron chi connectivity index (χ2n) is 3.31. The van der Waals surface area contributed by atoms with Gasteiger partial charge in [-0.2, -0.15) is 5.26 Å². The Bertz CT molecular complexity index is 518. The summed E-state index contributed by atoms with van der Waals surface area (Å²) in [5.74, 6) is -0.650. The molecule has 0 aliphatic heterocycles. The van der Waals surface area contributed by atoms with Gasteiger partial charge in [0.2, 0.25) is 5.75 Å². The topological polar surface area (TPSA) is 106 Å². The van der Waals surface area contributed by atoms with E-state index in [2.05, 4.69) is 0 Å². The SMILES string of the molecule is COc1cc(C=C(C#N)C(N)=O)cc(OC)c1O. The van der Waals surface area contributed by atoms with Crippen LogP contribution in [-0.2, 0) is 4.79 Å². The van der Waals surface area contributed by atoms with Crippen LogP contribution in [0.25, 0.3) is 6.08 Å². The lowest BCUT2D eigenvalue weighted by atomic mass is 10.1. The highest BCUT2D eigenvalue weighted by Gasteiger charge is 2.11. The molecule has 0 bridgehead atoms. The molecule has 0 heterocycles. The molecule has 3 N–H and O–H groups in total. The summed E-state index contributed by atoms with van der Waals surface area (Å²) in [5, 5.41) is 18.4. The van der Waals surface area contributed by atoms with Gasteiger partial charge in [-0.25, -0.2) is 0 Å². The second-order valence-corrected chi connectivity index (χ2v) is 3.31. The number of amides is 1. The maximum Gasteiger partial charge on any atom is 0.259 e. The maximum atomic E-state index is 10.9. The lowest BCUT2D eigenvalue weighted by Gasteiger charge is -2.09. The van der Waals surface area contributed by atoms with Gasteiger partial charge in [-0.05, 0) is 23.8 Å². The molecule has 0 unspecified atom stereocenters. The third kappa shape index (κ3) is 2.71. The summed E-state index contributed by atoms with van der Waals surface area (Å²) < 4.78 is 9.89. The van der Waals surface area contributed by atoms with Crippen LogP contribution >= 0.6 is 0 Å². The van der Waals surface area contributed by atoms with E-state index < -0.39 is 5.91 Å². The minimum atomic E-state index is -0.830. The zero-order valence-corrected chi connectivity index (χ0v) is 9.93. The van der Waals surface area contributed by atoms with Crippen LogP contribution in [0.5, 0.6) is 17.2 Å². The molecule has 6 nitrogen and oxygen atoms in total. The number of nitrogens with zero attached hydrogens (tertiary/aromatic N) is 1. The van der Waals surface area contributed by atoms with Crippen molar-refractivity contribution >= 4 is 12.0 Å². The summed E-state index contributed by atoms with van der Waals surface area (Å²) in [6.07, 6.45) is 1.28. The molecule has 0 radical (unpaired) electrons.